The maximum atomic E-state index is 12.8. The minimum absolute atomic E-state index is 0.00758. The summed E-state index contributed by atoms with van der Waals surface area (Å²) in [5.74, 6) is -0.744. The number of rotatable bonds is 6. The van der Waals surface area contributed by atoms with E-state index in [9.17, 15) is 35.2 Å². The van der Waals surface area contributed by atoms with E-state index in [0.29, 0.717) is 17.4 Å². The van der Waals surface area contributed by atoms with Crippen LogP contribution in [-0.4, -0.2) is 24.5 Å². The summed E-state index contributed by atoms with van der Waals surface area (Å²) < 4.78 is 90.2. The lowest BCUT2D eigenvalue weighted by Gasteiger charge is -2.11. The van der Waals surface area contributed by atoms with E-state index in [4.69, 9.17) is 0 Å². The summed E-state index contributed by atoms with van der Waals surface area (Å²) >= 11 is 0.485. The molecule has 3 aromatic rings. The lowest BCUT2D eigenvalue weighted by molar-refractivity contribution is -0.137. The first-order valence-electron chi connectivity index (χ1n) is 8.19. The largest absolute Gasteiger partial charge is 0.416 e. The maximum Gasteiger partial charge on any atom is 0.416 e. The number of alkyl halides is 5. The molecule has 0 aliphatic rings. The number of aromatic nitrogens is 2. The Bertz CT molecular complexity index is 1190. The fraction of sp³-hybridized carbons (Fsp3) is 0.118. The van der Waals surface area contributed by atoms with E-state index in [2.05, 4.69) is 15.5 Å². The molecule has 0 aliphatic heterocycles. The average molecular weight is 478 g/mol. The molecule has 0 radical (unpaired) electrons. The van der Waals surface area contributed by atoms with Crippen LogP contribution in [0.4, 0.5) is 32.8 Å². The third kappa shape index (κ3) is 5.52. The van der Waals surface area contributed by atoms with E-state index >= 15 is 0 Å². The number of anilines is 2. The molecule has 1 amide bonds. The first-order valence-corrected chi connectivity index (χ1v) is 10.5. The van der Waals surface area contributed by atoms with Crippen molar-refractivity contribution in [1.29, 1.82) is 0 Å². The number of sulfonamides is 1. The second-order valence-corrected chi connectivity index (χ2v) is 8.60. The molecule has 0 atom stereocenters. The molecule has 31 heavy (non-hydrogen) atoms. The molecule has 0 bridgehead atoms. The van der Waals surface area contributed by atoms with E-state index in [1.165, 1.54) is 0 Å². The Morgan fingerprint density at radius 1 is 1.03 bits per heavy atom. The SMILES string of the molecule is O=C(Nc1nnc(C(F)F)s1)c1ccc(S(=O)(=O)Nc2cccc(C(F)(F)F)c2)cc1. The summed E-state index contributed by atoms with van der Waals surface area (Å²) in [6.07, 6.45) is -7.48. The summed E-state index contributed by atoms with van der Waals surface area (Å²) in [6.45, 7) is 0. The third-order valence-electron chi connectivity index (χ3n) is 3.72. The highest BCUT2D eigenvalue weighted by atomic mass is 32.2. The molecule has 2 N–H and O–H groups in total. The molecule has 0 spiro atoms. The molecule has 0 fully saturated rings. The number of hydrogen-bond acceptors (Lipinski definition) is 6. The quantitative estimate of drug-likeness (QED) is 0.507. The summed E-state index contributed by atoms with van der Waals surface area (Å²) in [5.41, 5.74) is -1.32. The first-order chi connectivity index (χ1) is 14.5. The number of carbonyl (C=O) groups is 1. The molecule has 14 heteroatoms. The highest BCUT2D eigenvalue weighted by Gasteiger charge is 2.30. The molecule has 1 heterocycles. The van der Waals surface area contributed by atoms with E-state index in [-0.39, 0.29) is 21.3 Å². The van der Waals surface area contributed by atoms with E-state index in [1.54, 1.807) is 0 Å². The number of amides is 1. The molecular formula is C17H11F5N4O3S2. The van der Waals surface area contributed by atoms with Gasteiger partial charge in [0.05, 0.1) is 10.5 Å². The van der Waals surface area contributed by atoms with Gasteiger partial charge in [0, 0.05) is 11.3 Å². The zero-order chi connectivity index (χ0) is 22.8. The summed E-state index contributed by atoms with van der Waals surface area (Å²) in [6, 6.07) is 8.08. The fourth-order valence-corrected chi connectivity index (χ4v) is 3.94. The molecule has 0 aliphatic carbocycles. The monoisotopic (exact) mass is 478 g/mol. The second kappa shape index (κ2) is 8.55. The minimum Gasteiger partial charge on any atom is -0.296 e. The molecule has 0 saturated heterocycles. The molecule has 0 unspecified atom stereocenters. The van der Waals surface area contributed by atoms with Crippen LogP contribution in [0.25, 0.3) is 0 Å². The smallest absolute Gasteiger partial charge is 0.296 e. The van der Waals surface area contributed by atoms with Gasteiger partial charge in [0.15, 0.2) is 5.01 Å². The Hall–Kier alpha value is -3.13. The molecule has 0 saturated carbocycles. The van der Waals surface area contributed by atoms with Crippen molar-refractivity contribution in [2.24, 2.45) is 0 Å². The van der Waals surface area contributed by atoms with Crippen molar-refractivity contribution >= 4 is 38.1 Å². The van der Waals surface area contributed by atoms with Crippen molar-refractivity contribution in [3.05, 3.63) is 64.7 Å². The predicted octanol–water partition coefficient (Wildman–Crippen LogP) is 4.55. The Kier molecular flexibility index (Phi) is 6.22. The van der Waals surface area contributed by atoms with Crippen LogP contribution in [0.15, 0.2) is 53.4 Å². The number of nitrogens with one attached hydrogen (secondary N) is 2. The Morgan fingerprint density at radius 3 is 2.29 bits per heavy atom. The Labute approximate surface area is 176 Å². The topological polar surface area (TPSA) is 101 Å². The van der Waals surface area contributed by atoms with Crippen molar-refractivity contribution in [2.45, 2.75) is 17.5 Å². The van der Waals surface area contributed by atoms with Crippen LogP contribution < -0.4 is 10.0 Å². The predicted molar refractivity (Wildman–Crippen MR) is 102 cm³/mol. The number of benzene rings is 2. The van der Waals surface area contributed by atoms with Crippen LogP contribution in [0, 0.1) is 0 Å². The van der Waals surface area contributed by atoms with Crippen molar-refractivity contribution in [2.75, 3.05) is 10.0 Å². The zero-order valence-electron chi connectivity index (χ0n) is 15.0. The van der Waals surface area contributed by atoms with Crippen molar-refractivity contribution < 1.29 is 35.2 Å². The zero-order valence-corrected chi connectivity index (χ0v) is 16.7. The first kappa shape index (κ1) is 22.6. The standard InChI is InChI=1S/C17H11F5N4O3S2/c18-13(19)15-24-25-16(30-15)23-14(27)9-4-6-12(7-5-9)31(28,29)26-11-3-1-2-10(8-11)17(20,21)22/h1-8,13,26H,(H,23,25,27). The number of hydrogen-bond donors (Lipinski definition) is 2. The van der Waals surface area contributed by atoms with Crippen LogP contribution in [0.1, 0.15) is 27.4 Å². The van der Waals surface area contributed by atoms with Gasteiger partial charge in [-0.25, -0.2) is 17.2 Å². The number of halogens is 5. The summed E-state index contributed by atoms with van der Waals surface area (Å²) in [7, 11) is -4.24. The van der Waals surface area contributed by atoms with Gasteiger partial charge in [-0.05, 0) is 42.5 Å². The van der Waals surface area contributed by atoms with E-state index in [1.807, 2.05) is 4.72 Å². The van der Waals surface area contributed by atoms with Crippen LogP contribution in [0.5, 0.6) is 0 Å². The van der Waals surface area contributed by atoms with Gasteiger partial charge in [-0.1, -0.05) is 17.4 Å². The minimum atomic E-state index is -4.64. The van der Waals surface area contributed by atoms with Gasteiger partial charge in [-0.3, -0.25) is 14.8 Å². The lowest BCUT2D eigenvalue weighted by atomic mass is 10.2. The van der Waals surface area contributed by atoms with Gasteiger partial charge in [-0.2, -0.15) is 13.2 Å². The molecule has 1 aromatic heterocycles. The highest BCUT2D eigenvalue weighted by Crippen LogP contribution is 2.31. The number of nitrogens with zero attached hydrogens (tertiary/aromatic N) is 2. The van der Waals surface area contributed by atoms with Gasteiger partial charge in [-0.15, -0.1) is 10.2 Å². The average Bonchev–Trinajstić information content (AvgIpc) is 3.16. The van der Waals surface area contributed by atoms with E-state index in [0.717, 1.165) is 42.5 Å². The summed E-state index contributed by atoms with van der Waals surface area (Å²) in [5, 5.41) is 8.13. The molecule has 164 valence electrons. The van der Waals surface area contributed by atoms with Gasteiger partial charge in [0.25, 0.3) is 22.4 Å². The maximum absolute atomic E-state index is 12.8. The van der Waals surface area contributed by atoms with Gasteiger partial charge < -0.3 is 0 Å². The Morgan fingerprint density at radius 2 is 1.71 bits per heavy atom. The molecule has 2 aromatic carbocycles. The van der Waals surface area contributed by atoms with Crippen molar-refractivity contribution in [1.82, 2.24) is 10.2 Å². The third-order valence-corrected chi connectivity index (χ3v) is 5.96. The fourth-order valence-electron chi connectivity index (χ4n) is 2.30. The van der Waals surface area contributed by atoms with Crippen LogP contribution in [0.2, 0.25) is 0 Å². The highest BCUT2D eigenvalue weighted by molar-refractivity contribution is 7.92. The Balaban J connectivity index is 1.73. The van der Waals surface area contributed by atoms with Crippen LogP contribution in [0.3, 0.4) is 0 Å². The van der Waals surface area contributed by atoms with Gasteiger partial charge in [0.1, 0.15) is 0 Å². The summed E-state index contributed by atoms with van der Waals surface area (Å²) in [4.78, 5) is 11.8. The van der Waals surface area contributed by atoms with Crippen molar-refractivity contribution in [3.63, 3.8) is 0 Å². The second-order valence-electron chi connectivity index (χ2n) is 5.91. The normalized spacial score (nSPS) is 12.1. The van der Waals surface area contributed by atoms with E-state index < -0.39 is 39.1 Å². The molecule has 7 nitrogen and oxygen atoms in total. The van der Waals surface area contributed by atoms with Gasteiger partial charge >= 0.3 is 6.18 Å². The molecule has 3 rings (SSSR count). The number of carbonyl (C=O) groups excluding carboxylic acids is 1. The van der Waals surface area contributed by atoms with Crippen LogP contribution >= 0.6 is 11.3 Å². The van der Waals surface area contributed by atoms with Crippen LogP contribution in [-0.2, 0) is 16.2 Å². The lowest BCUT2D eigenvalue weighted by Crippen LogP contribution is -2.15. The van der Waals surface area contributed by atoms with Crippen molar-refractivity contribution in [3.8, 4) is 0 Å². The molecular weight excluding hydrogens is 467 g/mol. The van der Waals surface area contributed by atoms with Gasteiger partial charge in [0.2, 0.25) is 5.13 Å².